The molecule has 1 aliphatic carbocycles. The molecular weight excluding hydrogens is 637 g/mol. The number of aliphatic hydroxyl groups excluding tert-OH is 1. The molecule has 2 aromatic rings. The normalized spacial score (nSPS) is 20.1. The lowest BCUT2D eigenvalue weighted by Gasteiger charge is -2.44. The van der Waals surface area contributed by atoms with Gasteiger partial charge in [-0.15, -0.1) is 0 Å². The van der Waals surface area contributed by atoms with Crippen LogP contribution in [0.25, 0.3) is 0 Å². The Kier molecular flexibility index (Phi) is 12.8. The average molecular weight is 694 g/mol. The Labute approximate surface area is 296 Å². The number of hydrogen-bond donors (Lipinski definition) is 3. The summed E-state index contributed by atoms with van der Waals surface area (Å²) in [4.78, 5) is 47.6. The number of aliphatic hydroxyl groups is 1. The molecule has 3 aliphatic rings. The van der Waals surface area contributed by atoms with E-state index in [1.807, 2.05) is 31.2 Å². The van der Waals surface area contributed by atoms with Crippen LogP contribution < -0.4 is 10.2 Å². The van der Waals surface area contributed by atoms with Crippen molar-refractivity contribution in [2.24, 2.45) is 11.8 Å². The molecule has 0 radical (unpaired) electrons. The van der Waals surface area contributed by atoms with Gasteiger partial charge in [-0.1, -0.05) is 75.8 Å². The van der Waals surface area contributed by atoms with Crippen molar-refractivity contribution in [3.63, 3.8) is 0 Å². The molecule has 0 aromatic heterocycles. The van der Waals surface area contributed by atoms with Gasteiger partial charge in [0.2, 0.25) is 11.8 Å². The van der Waals surface area contributed by atoms with Crippen LogP contribution in [0.5, 0.6) is 0 Å². The van der Waals surface area contributed by atoms with Crippen LogP contribution in [0.15, 0.2) is 48.5 Å². The molecule has 3 amide bonds. The molecule has 2 atom stereocenters. The van der Waals surface area contributed by atoms with E-state index < -0.39 is 29.7 Å². The summed E-state index contributed by atoms with van der Waals surface area (Å²) in [7, 11) is 0. The zero-order valence-corrected chi connectivity index (χ0v) is 30.0. The number of rotatable bonds is 12. The predicted octanol–water partition coefficient (Wildman–Crippen LogP) is 5.62. The molecule has 50 heavy (non-hydrogen) atoms. The summed E-state index contributed by atoms with van der Waals surface area (Å²) in [6.07, 6.45) is 7.98. The van der Waals surface area contributed by atoms with Crippen molar-refractivity contribution in [1.29, 1.82) is 0 Å². The van der Waals surface area contributed by atoms with Gasteiger partial charge in [-0.2, -0.15) is 0 Å². The van der Waals surface area contributed by atoms with Gasteiger partial charge in [-0.05, 0) is 74.3 Å². The number of carbonyl (C=O) groups is 3. The van der Waals surface area contributed by atoms with Crippen LogP contribution in [0.2, 0.25) is 0 Å². The van der Waals surface area contributed by atoms with Crippen molar-refractivity contribution in [2.75, 3.05) is 44.3 Å². The molecule has 5 rings (SSSR count). The van der Waals surface area contributed by atoms with Gasteiger partial charge >= 0.3 is 6.09 Å². The highest BCUT2D eigenvalue weighted by Crippen LogP contribution is 2.40. The van der Waals surface area contributed by atoms with Gasteiger partial charge in [0.15, 0.2) is 0 Å². The highest BCUT2D eigenvalue weighted by Gasteiger charge is 2.54. The number of carboxylic acid groups (broad SMARTS) is 1. The molecule has 2 saturated heterocycles. The third-order valence-corrected chi connectivity index (χ3v) is 11.0. The number of nitrogens with one attached hydrogen (secondary N) is 1. The second kappa shape index (κ2) is 17.0. The highest BCUT2D eigenvalue weighted by molar-refractivity contribution is 5.93. The number of hydrogen-bond acceptors (Lipinski definition) is 6. The van der Waals surface area contributed by atoms with Crippen molar-refractivity contribution in [3.8, 4) is 0 Å². The molecule has 3 N–H and O–H groups in total. The van der Waals surface area contributed by atoms with E-state index in [0.717, 1.165) is 36.4 Å². The second-order valence-corrected chi connectivity index (χ2v) is 15.1. The van der Waals surface area contributed by atoms with Gasteiger partial charge in [0.25, 0.3) is 0 Å². The zero-order valence-electron chi connectivity index (χ0n) is 30.0. The Balaban J connectivity index is 1.32. The number of aryl methyl sites for hydroxylation is 1. The van der Waals surface area contributed by atoms with E-state index in [4.69, 9.17) is 0 Å². The number of halogens is 1. The molecule has 1 saturated carbocycles. The minimum Gasteiger partial charge on any atom is -0.465 e. The first kappa shape index (κ1) is 37.6. The van der Waals surface area contributed by atoms with E-state index in [9.17, 15) is 29.0 Å². The van der Waals surface area contributed by atoms with Crippen LogP contribution in [0.3, 0.4) is 0 Å². The fraction of sp³-hybridized carbons (Fsp3) is 0.615. The lowest BCUT2D eigenvalue weighted by Crippen LogP contribution is -2.57. The lowest BCUT2D eigenvalue weighted by molar-refractivity contribution is -0.137. The molecule has 2 aromatic carbocycles. The number of anilines is 1. The number of piperidine rings is 1. The molecule has 274 valence electrons. The number of β-amino-alcohol motifs (C(OH)–C–C–N with tert-alkyl or cyclic N) is 1. The molecule has 0 bridgehead atoms. The fourth-order valence-corrected chi connectivity index (χ4v) is 8.10. The molecular formula is C39H56FN5O5. The Morgan fingerprint density at radius 1 is 0.980 bits per heavy atom. The second-order valence-electron chi connectivity index (χ2n) is 15.1. The monoisotopic (exact) mass is 693 g/mol. The molecule has 11 heteroatoms. The number of nitrogens with zero attached hydrogens (tertiary/aromatic N) is 4. The molecule has 2 heterocycles. The topological polar surface area (TPSA) is 117 Å². The van der Waals surface area contributed by atoms with Crippen molar-refractivity contribution >= 4 is 23.6 Å². The first-order valence-electron chi connectivity index (χ1n) is 18.5. The van der Waals surface area contributed by atoms with E-state index >= 15 is 0 Å². The summed E-state index contributed by atoms with van der Waals surface area (Å²) >= 11 is 0. The minimum absolute atomic E-state index is 0.000445. The van der Waals surface area contributed by atoms with E-state index in [2.05, 4.69) is 15.1 Å². The molecule has 2 unspecified atom stereocenters. The third kappa shape index (κ3) is 9.34. The number of likely N-dealkylation sites (tertiary alicyclic amines) is 1. The number of carbonyl (C=O) groups excluding carboxylic acids is 2. The first-order chi connectivity index (χ1) is 23.9. The third-order valence-electron chi connectivity index (χ3n) is 11.0. The maximum absolute atomic E-state index is 14.4. The van der Waals surface area contributed by atoms with Crippen molar-refractivity contribution < 1.29 is 29.0 Å². The van der Waals surface area contributed by atoms with Crippen LogP contribution in [0.1, 0.15) is 82.8 Å². The summed E-state index contributed by atoms with van der Waals surface area (Å²) < 4.78 is 14.0. The fourth-order valence-electron chi connectivity index (χ4n) is 8.10. The standard InChI is InChI=1S/C39H56FN5O5/c1-28(2)35(41-38(49)50)36(47)43(24-31-13-11-29(3)12-14-31)25-34(46)26-44-27-45(33-17-15-32(40)16-18-33)39(37(44)48)19-21-42(22-20-39)23-30-9-7-5-4-6-8-10-30/h11-18,28,30,34-35,41,46H,4-10,19-27H2,1-3H3,(H,49,50). The van der Waals surface area contributed by atoms with Gasteiger partial charge < -0.3 is 35.1 Å². The molecule has 1 spiro atoms. The summed E-state index contributed by atoms with van der Waals surface area (Å²) in [5.41, 5.74) is 1.87. The van der Waals surface area contributed by atoms with Gasteiger partial charge in [0.05, 0.1) is 19.3 Å². The number of benzene rings is 2. The van der Waals surface area contributed by atoms with Gasteiger partial charge in [-0.3, -0.25) is 9.59 Å². The van der Waals surface area contributed by atoms with Crippen LogP contribution in [-0.2, 0) is 16.1 Å². The van der Waals surface area contributed by atoms with Crippen molar-refractivity contribution in [3.05, 3.63) is 65.5 Å². The smallest absolute Gasteiger partial charge is 0.405 e. The zero-order chi connectivity index (χ0) is 35.8. The quantitative estimate of drug-likeness (QED) is 0.265. The van der Waals surface area contributed by atoms with E-state index in [-0.39, 0.29) is 43.9 Å². The van der Waals surface area contributed by atoms with Gasteiger partial charge in [0.1, 0.15) is 17.4 Å². The lowest BCUT2D eigenvalue weighted by atomic mass is 9.84. The van der Waals surface area contributed by atoms with Crippen LogP contribution >= 0.6 is 0 Å². The van der Waals surface area contributed by atoms with Gasteiger partial charge in [-0.25, -0.2) is 9.18 Å². The summed E-state index contributed by atoms with van der Waals surface area (Å²) in [5.74, 6) is -0.468. The molecule has 10 nitrogen and oxygen atoms in total. The summed E-state index contributed by atoms with van der Waals surface area (Å²) in [6.45, 7) is 8.50. The molecule has 3 fully saturated rings. The van der Waals surface area contributed by atoms with E-state index in [1.54, 1.807) is 30.9 Å². The number of amides is 3. The SMILES string of the molecule is Cc1ccc(CN(CC(O)CN2CN(c3ccc(F)cc3)C3(CCN(CC4CCCCCCC4)CC3)C2=O)C(=O)C(NC(=O)O)C(C)C)cc1. The molecule has 2 aliphatic heterocycles. The van der Waals surface area contributed by atoms with E-state index in [0.29, 0.717) is 18.8 Å². The summed E-state index contributed by atoms with van der Waals surface area (Å²) in [5, 5.41) is 23.3. The van der Waals surface area contributed by atoms with Crippen LogP contribution in [0, 0.1) is 24.6 Å². The highest BCUT2D eigenvalue weighted by atomic mass is 19.1. The van der Waals surface area contributed by atoms with E-state index in [1.165, 1.54) is 62.0 Å². The average Bonchev–Trinajstić information content (AvgIpc) is 3.32. The maximum Gasteiger partial charge on any atom is 0.405 e. The Hall–Kier alpha value is -3.70. The Morgan fingerprint density at radius 3 is 2.20 bits per heavy atom. The van der Waals surface area contributed by atoms with Crippen LogP contribution in [-0.4, -0.2) is 99.9 Å². The largest absolute Gasteiger partial charge is 0.465 e. The van der Waals surface area contributed by atoms with Gasteiger partial charge in [0, 0.05) is 38.4 Å². The Bertz CT molecular complexity index is 1420. The minimum atomic E-state index is -1.29. The van der Waals surface area contributed by atoms with Crippen molar-refractivity contribution in [1.82, 2.24) is 20.0 Å². The maximum atomic E-state index is 14.4. The van der Waals surface area contributed by atoms with Crippen molar-refractivity contribution in [2.45, 2.75) is 103 Å². The summed E-state index contributed by atoms with van der Waals surface area (Å²) in [6, 6.07) is 13.0. The van der Waals surface area contributed by atoms with Crippen LogP contribution in [0.4, 0.5) is 14.9 Å². The predicted molar refractivity (Wildman–Crippen MR) is 192 cm³/mol. The first-order valence-corrected chi connectivity index (χ1v) is 18.5. The Morgan fingerprint density at radius 2 is 1.60 bits per heavy atom.